The van der Waals surface area contributed by atoms with Crippen molar-refractivity contribution in [2.75, 3.05) is 18.5 Å². The maximum atomic E-state index is 12.1. The van der Waals surface area contributed by atoms with Gasteiger partial charge in [-0.25, -0.2) is 29.0 Å². The van der Waals surface area contributed by atoms with E-state index in [4.69, 9.17) is 30.9 Å². The first-order valence-corrected chi connectivity index (χ1v) is 20.9. The lowest BCUT2D eigenvalue weighted by Crippen LogP contribution is -2.17. The number of benzene rings is 6. The number of nitrogens with zero attached hydrogens (tertiary/aromatic N) is 8. The summed E-state index contributed by atoms with van der Waals surface area (Å²) in [5, 5.41) is 20.9. The zero-order valence-electron chi connectivity index (χ0n) is 35.7. The number of aliphatic hydroxyl groups excluding tert-OH is 1. The molecule has 6 N–H and O–H groups in total. The lowest BCUT2D eigenvalue weighted by atomic mass is 10.1. The second-order valence-electron chi connectivity index (χ2n) is 15.0. The molecule has 0 saturated carbocycles. The number of ether oxygens (including phenoxy) is 2. The molecule has 6 aromatic carbocycles. The minimum atomic E-state index is -0.180. The topological polar surface area (TPSA) is 206 Å². The van der Waals surface area contributed by atoms with Gasteiger partial charge in [-0.1, -0.05) is 115 Å². The van der Waals surface area contributed by atoms with Gasteiger partial charge in [-0.05, 0) is 59.2 Å². The van der Waals surface area contributed by atoms with Gasteiger partial charge < -0.3 is 31.4 Å². The molecule has 0 aliphatic rings. The van der Waals surface area contributed by atoms with Gasteiger partial charge in [-0.15, -0.1) is 0 Å². The van der Waals surface area contributed by atoms with Crippen molar-refractivity contribution >= 4 is 28.6 Å². The summed E-state index contributed by atoms with van der Waals surface area (Å²) in [6.07, 6.45) is 2.80. The Kier molecular flexibility index (Phi) is 12.3. The average Bonchev–Trinajstić information content (AvgIpc) is 3.98. The molecule has 4 heterocycles. The Balaban J connectivity index is 0.000000166. The van der Waals surface area contributed by atoms with Crippen LogP contribution in [0.4, 0.5) is 11.6 Å². The van der Waals surface area contributed by atoms with Gasteiger partial charge in [0.15, 0.2) is 23.3 Å². The normalized spacial score (nSPS) is 10.9. The van der Waals surface area contributed by atoms with Crippen LogP contribution in [0.5, 0.6) is 11.5 Å². The first-order chi connectivity index (χ1) is 32.4. The van der Waals surface area contributed by atoms with E-state index < -0.39 is 0 Å². The maximum absolute atomic E-state index is 12.1. The minimum Gasteiger partial charge on any atom is -0.489 e. The van der Waals surface area contributed by atoms with Crippen LogP contribution in [0.15, 0.2) is 170 Å². The predicted octanol–water partition coefficient (Wildman–Crippen LogP) is 8.09. The monoisotopic (exact) mass is 873 g/mol. The highest BCUT2D eigenvalue weighted by Crippen LogP contribution is 2.35. The van der Waals surface area contributed by atoms with Crippen LogP contribution >= 0.6 is 0 Å². The molecule has 0 atom stereocenters. The number of carbonyl (C=O) groups excluding carboxylic acids is 1. The quantitative estimate of drug-likeness (QED) is 0.0919. The van der Waals surface area contributed by atoms with E-state index in [0.29, 0.717) is 70.2 Å². The zero-order valence-corrected chi connectivity index (χ0v) is 35.7. The van der Waals surface area contributed by atoms with Crippen LogP contribution in [0.25, 0.3) is 56.3 Å². The molecule has 10 rings (SSSR count). The highest BCUT2D eigenvalue weighted by atomic mass is 16.5. The Morgan fingerprint density at radius 3 is 1.52 bits per heavy atom. The van der Waals surface area contributed by atoms with E-state index >= 15 is 0 Å². The predicted molar refractivity (Wildman–Crippen MR) is 253 cm³/mol. The molecule has 15 nitrogen and oxygen atoms in total. The number of amides is 1. The molecule has 0 bridgehead atoms. The van der Waals surface area contributed by atoms with E-state index in [9.17, 15) is 9.90 Å². The lowest BCUT2D eigenvalue weighted by molar-refractivity contribution is 0.0963. The van der Waals surface area contributed by atoms with Crippen LogP contribution < -0.4 is 26.3 Å². The van der Waals surface area contributed by atoms with Crippen molar-refractivity contribution in [3.63, 3.8) is 0 Å². The van der Waals surface area contributed by atoms with Crippen LogP contribution in [-0.2, 0) is 19.8 Å². The molecule has 0 aliphatic carbocycles. The third-order valence-electron chi connectivity index (χ3n) is 10.6. The van der Waals surface area contributed by atoms with Crippen molar-refractivity contribution in [2.45, 2.75) is 19.8 Å². The van der Waals surface area contributed by atoms with Gasteiger partial charge in [0.25, 0.3) is 5.91 Å². The van der Waals surface area contributed by atoms with Crippen molar-refractivity contribution in [3.8, 4) is 56.8 Å². The van der Waals surface area contributed by atoms with Crippen LogP contribution in [0.1, 0.15) is 27.0 Å². The molecular weight excluding hydrogens is 831 g/mol. The molecule has 326 valence electrons. The van der Waals surface area contributed by atoms with Gasteiger partial charge in [0.05, 0.1) is 6.61 Å². The summed E-state index contributed by atoms with van der Waals surface area (Å²) in [5.74, 6) is 3.08. The molecule has 1 amide bonds. The number of nitrogens with two attached hydrogens (primary N) is 2. The number of aliphatic hydroxyl groups is 1. The molecule has 66 heavy (non-hydrogen) atoms. The number of fused-ring (bicyclic) bond motifs is 2. The number of anilines is 2. The van der Waals surface area contributed by atoms with Crippen molar-refractivity contribution in [1.29, 1.82) is 0 Å². The first-order valence-electron chi connectivity index (χ1n) is 20.9. The van der Waals surface area contributed by atoms with Crippen molar-refractivity contribution in [1.82, 2.24) is 44.5 Å². The van der Waals surface area contributed by atoms with E-state index in [0.717, 1.165) is 44.7 Å². The van der Waals surface area contributed by atoms with Crippen LogP contribution in [0.2, 0.25) is 0 Å². The highest BCUT2D eigenvalue weighted by Gasteiger charge is 2.21. The van der Waals surface area contributed by atoms with E-state index in [1.54, 1.807) is 28.2 Å². The minimum absolute atomic E-state index is 0.0536. The summed E-state index contributed by atoms with van der Waals surface area (Å²) in [5.41, 5.74) is 21.7. The molecule has 10 aromatic rings. The summed E-state index contributed by atoms with van der Waals surface area (Å²) in [6, 6.07) is 50.1. The largest absolute Gasteiger partial charge is 0.489 e. The zero-order chi connectivity index (χ0) is 45.4. The smallest absolute Gasteiger partial charge is 0.251 e. The van der Waals surface area contributed by atoms with E-state index in [2.05, 4.69) is 25.5 Å². The Hall–Kier alpha value is -8.95. The molecule has 0 spiro atoms. The second kappa shape index (κ2) is 19.2. The molecule has 0 unspecified atom stereocenters. The van der Waals surface area contributed by atoms with Crippen LogP contribution in [-0.4, -0.2) is 57.2 Å². The van der Waals surface area contributed by atoms with E-state index in [1.807, 2.05) is 146 Å². The summed E-state index contributed by atoms with van der Waals surface area (Å²) in [7, 11) is 1.60. The number of nitrogen functional groups attached to an aromatic ring is 2. The summed E-state index contributed by atoms with van der Waals surface area (Å²) < 4.78 is 15.3. The number of nitrogens with one attached hydrogen (secondary N) is 1. The van der Waals surface area contributed by atoms with Gasteiger partial charge in [-0.3, -0.25) is 4.79 Å². The summed E-state index contributed by atoms with van der Waals surface area (Å²) in [6.45, 7) is 0.873. The summed E-state index contributed by atoms with van der Waals surface area (Å²) in [4.78, 5) is 30.2. The Bertz CT molecular complexity index is 3300. The fourth-order valence-corrected chi connectivity index (χ4v) is 7.39. The molecule has 0 radical (unpaired) electrons. The molecule has 0 saturated heterocycles. The van der Waals surface area contributed by atoms with Gasteiger partial charge in [0.1, 0.15) is 59.8 Å². The first kappa shape index (κ1) is 42.4. The number of rotatable bonds is 12. The molecule has 0 fully saturated rings. The third-order valence-corrected chi connectivity index (χ3v) is 10.6. The number of imidazole rings is 2. The molecule has 0 aliphatic heterocycles. The molecule has 15 heteroatoms. The maximum Gasteiger partial charge on any atom is 0.251 e. The standard InChI is InChI=1S/C26H22N6O2.C25H21N5O2/c1-28-26(33)20-11-5-10-19(13-20)25-31-22(23-24(27)29-16-30-32(23)25)18-9-6-12-21(14-18)34-15-17-7-3-2-4-8-17;26-24-23-22(19-9-5-11-21(13-19)32-15-17-6-2-1-3-7-17)29-25(30(23)28-16-27-24)20-10-4-8-18(12-20)14-31/h2-14,16H,15H2,1H3,(H,28,33)(H2,27,29,30);1-13,16,31H,14-15H2,(H2,26,27,28). The van der Waals surface area contributed by atoms with Gasteiger partial charge in [0, 0.05) is 34.9 Å². The van der Waals surface area contributed by atoms with Crippen molar-refractivity contribution in [3.05, 3.63) is 193 Å². The highest BCUT2D eigenvalue weighted by molar-refractivity contribution is 5.95. The number of aromatic nitrogens is 8. The van der Waals surface area contributed by atoms with E-state index in [1.165, 1.54) is 12.7 Å². The van der Waals surface area contributed by atoms with Gasteiger partial charge >= 0.3 is 0 Å². The SMILES string of the molecule is CNC(=O)c1cccc(-c2nc(-c3cccc(OCc4ccccc4)c3)c3c(N)ncnn23)c1.Nc1ncnn2c(-c3cccc(CO)c3)nc(-c3cccc(OCc4ccccc4)c3)c12. The summed E-state index contributed by atoms with van der Waals surface area (Å²) >= 11 is 0. The number of hydrogen-bond acceptors (Lipinski definition) is 12. The second-order valence-corrected chi connectivity index (χ2v) is 15.0. The number of carbonyl (C=O) groups is 1. The van der Waals surface area contributed by atoms with E-state index in [-0.39, 0.29) is 12.5 Å². The number of hydrogen-bond donors (Lipinski definition) is 4. The average molecular weight is 874 g/mol. The fraction of sp³-hybridized carbons (Fsp3) is 0.0784. The van der Waals surface area contributed by atoms with Crippen molar-refractivity contribution < 1.29 is 19.4 Å². The van der Waals surface area contributed by atoms with Gasteiger partial charge in [-0.2, -0.15) is 10.2 Å². The third kappa shape index (κ3) is 9.08. The molecular formula is C51H43N11O4. The molecule has 4 aromatic heterocycles. The Morgan fingerprint density at radius 2 is 1.02 bits per heavy atom. The Morgan fingerprint density at radius 1 is 0.561 bits per heavy atom. The van der Waals surface area contributed by atoms with Gasteiger partial charge in [0.2, 0.25) is 0 Å². The van der Waals surface area contributed by atoms with Crippen LogP contribution in [0.3, 0.4) is 0 Å². The Labute approximate surface area is 379 Å². The fourth-order valence-electron chi connectivity index (χ4n) is 7.39. The van der Waals surface area contributed by atoms with Crippen LogP contribution in [0, 0.1) is 0 Å². The van der Waals surface area contributed by atoms with Crippen molar-refractivity contribution in [2.24, 2.45) is 0 Å². The lowest BCUT2D eigenvalue weighted by Gasteiger charge is -2.08.